The Hall–Kier alpha value is -1.73. The molecule has 1 aliphatic rings. The minimum atomic E-state index is -0.415. The third kappa shape index (κ3) is 2.88. The van der Waals surface area contributed by atoms with Gasteiger partial charge in [-0.2, -0.15) is 5.10 Å². The lowest BCUT2D eigenvalue weighted by atomic mass is 10.3. The lowest BCUT2D eigenvalue weighted by molar-refractivity contribution is -0.385. The van der Waals surface area contributed by atoms with Gasteiger partial charge in [0, 0.05) is 24.8 Å². The van der Waals surface area contributed by atoms with E-state index in [0.29, 0.717) is 10.5 Å². The van der Waals surface area contributed by atoms with Crippen LogP contribution in [0.15, 0.2) is 34.9 Å². The SMILES string of the molecule is O=[N+]([O-])c1ccc(-n2ccc(CNC3CC3)n2)cc1Br. The second-order valence-corrected chi connectivity index (χ2v) is 5.65. The van der Waals surface area contributed by atoms with Crippen LogP contribution in [0.5, 0.6) is 0 Å². The Morgan fingerprint density at radius 1 is 1.45 bits per heavy atom. The van der Waals surface area contributed by atoms with Crippen molar-refractivity contribution in [2.45, 2.75) is 25.4 Å². The molecular formula is C13H13BrN4O2. The number of aromatic nitrogens is 2. The standard InChI is InChI=1S/C13H13BrN4O2/c14-12-7-11(3-4-13(12)18(19)20)17-6-5-10(16-17)8-15-9-1-2-9/h3-7,9,15H,1-2,8H2. The normalized spacial score (nSPS) is 14.4. The maximum Gasteiger partial charge on any atom is 0.283 e. The van der Waals surface area contributed by atoms with Crippen molar-refractivity contribution in [1.82, 2.24) is 15.1 Å². The molecular weight excluding hydrogens is 324 g/mol. The molecule has 7 heteroatoms. The molecule has 104 valence electrons. The van der Waals surface area contributed by atoms with Gasteiger partial charge in [0.2, 0.25) is 0 Å². The van der Waals surface area contributed by atoms with Gasteiger partial charge in [0.05, 0.1) is 20.8 Å². The number of benzene rings is 1. The third-order valence-corrected chi connectivity index (χ3v) is 3.82. The summed E-state index contributed by atoms with van der Waals surface area (Å²) in [5.41, 5.74) is 1.81. The van der Waals surface area contributed by atoms with Crippen molar-refractivity contribution in [2.24, 2.45) is 0 Å². The van der Waals surface area contributed by atoms with E-state index in [1.165, 1.54) is 18.9 Å². The molecule has 20 heavy (non-hydrogen) atoms. The average Bonchev–Trinajstić information content (AvgIpc) is 3.13. The summed E-state index contributed by atoms with van der Waals surface area (Å²) >= 11 is 3.21. The Labute approximate surface area is 124 Å². The van der Waals surface area contributed by atoms with Gasteiger partial charge in [0.15, 0.2) is 0 Å². The largest absolute Gasteiger partial charge is 0.308 e. The first-order chi connectivity index (χ1) is 9.63. The Morgan fingerprint density at radius 3 is 2.90 bits per heavy atom. The van der Waals surface area contributed by atoms with Crippen LogP contribution >= 0.6 is 15.9 Å². The third-order valence-electron chi connectivity index (χ3n) is 3.19. The smallest absolute Gasteiger partial charge is 0.283 e. The molecule has 0 aliphatic heterocycles. The van der Waals surface area contributed by atoms with Crippen molar-refractivity contribution < 1.29 is 4.92 Å². The van der Waals surface area contributed by atoms with Crippen molar-refractivity contribution in [2.75, 3.05) is 0 Å². The quantitative estimate of drug-likeness (QED) is 0.673. The van der Waals surface area contributed by atoms with E-state index < -0.39 is 4.92 Å². The summed E-state index contributed by atoms with van der Waals surface area (Å²) in [4.78, 5) is 10.4. The Bertz CT molecular complexity index is 652. The number of hydrogen-bond donors (Lipinski definition) is 1. The summed E-state index contributed by atoms with van der Waals surface area (Å²) in [5, 5.41) is 18.6. The van der Waals surface area contributed by atoms with Crippen molar-refractivity contribution in [1.29, 1.82) is 0 Å². The second-order valence-electron chi connectivity index (χ2n) is 4.80. The van der Waals surface area contributed by atoms with Crippen LogP contribution in [0.2, 0.25) is 0 Å². The van der Waals surface area contributed by atoms with Gasteiger partial charge in [0.1, 0.15) is 0 Å². The van der Waals surface area contributed by atoms with E-state index in [1.54, 1.807) is 16.8 Å². The van der Waals surface area contributed by atoms with Gasteiger partial charge in [0.25, 0.3) is 5.69 Å². The summed E-state index contributed by atoms with van der Waals surface area (Å²) in [6.45, 7) is 0.756. The molecule has 1 aromatic carbocycles. The van der Waals surface area contributed by atoms with Crippen LogP contribution in [0.3, 0.4) is 0 Å². The molecule has 1 aromatic heterocycles. The summed E-state index contributed by atoms with van der Waals surface area (Å²) in [7, 11) is 0. The fourth-order valence-electron chi connectivity index (χ4n) is 1.92. The summed E-state index contributed by atoms with van der Waals surface area (Å²) in [6, 6.07) is 7.46. The monoisotopic (exact) mass is 336 g/mol. The molecule has 0 amide bonds. The van der Waals surface area contributed by atoms with Crippen LogP contribution in [0.25, 0.3) is 5.69 Å². The van der Waals surface area contributed by atoms with Gasteiger partial charge < -0.3 is 5.32 Å². The Morgan fingerprint density at radius 2 is 2.25 bits per heavy atom. The zero-order valence-corrected chi connectivity index (χ0v) is 12.2. The van der Waals surface area contributed by atoms with Crippen LogP contribution < -0.4 is 5.32 Å². The molecule has 0 saturated heterocycles. The molecule has 0 radical (unpaired) electrons. The predicted octanol–water partition coefficient (Wildman–Crippen LogP) is 2.80. The Kier molecular flexibility index (Phi) is 3.54. The maximum atomic E-state index is 10.8. The molecule has 2 aromatic rings. The van der Waals surface area contributed by atoms with Crippen LogP contribution in [0.4, 0.5) is 5.69 Å². The lowest BCUT2D eigenvalue weighted by Gasteiger charge is -2.03. The van der Waals surface area contributed by atoms with Crippen LogP contribution in [-0.4, -0.2) is 20.7 Å². The number of nitro groups is 1. The first kappa shape index (κ1) is 13.3. The van der Waals surface area contributed by atoms with Gasteiger partial charge in [-0.3, -0.25) is 10.1 Å². The first-order valence-corrected chi connectivity index (χ1v) is 7.15. The van der Waals surface area contributed by atoms with Crippen LogP contribution in [0.1, 0.15) is 18.5 Å². The molecule has 1 aliphatic carbocycles. The number of nitrogens with one attached hydrogen (secondary N) is 1. The molecule has 1 fully saturated rings. The molecule has 1 saturated carbocycles. The number of nitrogens with zero attached hydrogens (tertiary/aromatic N) is 3. The number of halogens is 1. The molecule has 3 rings (SSSR count). The molecule has 1 N–H and O–H groups in total. The number of nitro benzene ring substituents is 1. The molecule has 6 nitrogen and oxygen atoms in total. The van der Waals surface area contributed by atoms with Gasteiger partial charge in [-0.25, -0.2) is 4.68 Å². The van der Waals surface area contributed by atoms with Crippen LogP contribution in [-0.2, 0) is 6.54 Å². The molecule has 0 unspecified atom stereocenters. The fraction of sp³-hybridized carbons (Fsp3) is 0.308. The summed E-state index contributed by atoms with van der Waals surface area (Å²) < 4.78 is 2.17. The lowest BCUT2D eigenvalue weighted by Crippen LogP contribution is -2.15. The summed E-state index contributed by atoms with van der Waals surface area (Å²) in [6.07, 6.45) is 4.35. The minimum absolute atomic E-state index is 0.0523. The minimum Gasteiger partial charge on any atom is -0.308 e. The van der Waals surface area contributed by atoms with E-state index in [4.69, 9.17) is 0 Å². The van der Waals surface area contributed by atoms with Crippen molar-refractivity contribution >= 4 is 21.6 Å². The van der Waals surface area contributed by atoms with Gasteiger partial charge in [-0.15, -0.1) is 0 Å². The van der Waals surface area contributed by atoms with Gasteiger partial charge >= 0.3 is 0 Å². The highest BCUT2D eigenvalue weighted by Gasteiger charge is 2.20. The van der Waals surface area contributed by atoms with Crippen molar-refractivity contribution in [3.63, 3.8) is 0 Å². The second kappa shape index (κ2) is 5.34. The van der Waals surface area contributed by atoms with E-state index in [-0.39, 0.29) is 5.69 Å². The molecule has 0 bridgehead atoms. The fourth-order valence-corrected chi connectivity index (χ4v) is 2.43. The Balaban J connectivity index is 1.77. The zero-order chi connectivity index (χ0) is 14.1. The maximum absolute atomic E-state index is 10.8. The first-order valence-electron chi connectivity index (χ1n) is 6.36. The van der Waals surface area contributed by atoms with Crippen LogP contribution in [0, 0.1) is 10.1 Å². The van der Waals surface area contributed by atoms with E-state index in [2.05, 4.69) is 26.3 Å². The van der Waals surface area contributed by atoms with Gasteiger partial charge in [-0.05, 0) is 47.0 Å². The highest BCUT2D eigenvalue weighted by Crippen LogP contribution is 2.27. The topological polar surface area (TPSA) is 73.0 Å². The number of hydrogen-bond acceptors (Lipinski definition) is 4. The van der Waals surface area contributed by atoms with Crippen molar-refractivity contribution in [3.8, 4) is 5.69 Å². The van der Waals surface area contributed by atoms with E-state index in [9.17, 15) is 10.1 Å². The number of rotatable bonds is 5. The molecule has 0 spiro atoms. The van der Waals surface area contributed by atoms with E-state index in [0.717, 1.165) is 17.9 Å². The van der Waals surface area contributed by atoms with E-state index in [1.807, 2.05) is 12.3 Å². The molecule has 0 atom stereocenters. The molecule has 1 heterocycles. The highest BCUT2D eigenvalue weighted by atomic mass is 79.9. The van der Waals surface area contributed by atoms with E-state index >= 15 is 0 Å². The average molecular weight is 337 g/mol. The summed E-state index contributed by atoms with van der Waals surface area (Å²) in [5.74, 6) is 0. The van der Waals surface area contributed by atoms with Crippen molar-refractivity contribution in [3.05, 3.63) is 50.7 Å². The predicted molar refractivity (Wildman–Crippen MR) is 77.8 cm³/mol. The van der Waals surface area contributed by atoms with Gasteiger partial charge in [-0.1, -0.05) is 0 Å². The highest BCUT2D eigenvalue weighted by molar-refractivity contribution is 9.10. The zero-order valence-electron chi connectivity index (χ0n) is 10.6.